The van der Waals surface area contributed by atoms with Gasteiger partial charge >= 0.3 is 0 Å². The summed E-state index contributed by atoms with van der Waals surface area (Å²) in [7, 11) is 0. The molecule has 0 spiro atoms. The van der Waals surface area contributed by atoms with Gasteiger partial charge in [-0.15, -0.1) is 0 Å². The highest BCUT2D eigenvalue weighted by Gasteiger charge is 2.17. The van der Waals surface area contributed by atoms with Crippen molar-refractivity contribution in [3.8, 4) is 11.1 Å². The van der Waals surface area contributed by atoms with E-state index in [1.807, 2.05) is 12.1 Å². The van der Waals surface area contributed by atoms with Gasteiger partial charge in [0.25, 0.3) is 0 Å². The first-order valence-corrected chi connectivity index (χ1v) is 8.27. The molecule has 0 atom stereocenters. The minimum absolute atomic E-state index is 0.0245. The zero-order valence-corrected chi connectivity index (χ0v) is 13.5. The van der Waals surface area contributed by atoms with Crippen LogP contribution in [0.4, 0.5) is 14.5 Å². The molecule has 1 fully saturated rings. The van der Waals surface area contributed by atoms with Crippen LogP contribution in [0.25, 0.3) is 11.1 Å². The van der Waals surface area contributed by atoms with E-state index in [1.54, 1.807) is 12.1 Å². The molecule has 118 valence electrons. The van der Waals surface area contributed by atoms with Crippen LogP contribution in [0, 0.1) is 11.6 Å². The molecule has 0 bridgehead atoms. The summed E-state index contributed by atoms with van der Waals surface area (Å²) in [4.78, 5) is 3.62. The molecule has 0 radical (unpaired) electrons. The number of nitrogens with zero attached hydrogens (tertiary/aromatic N) is 1. The Morgan fingerprint density at radius 1 is 0.957 bits per heavy atom. The van der Waals surface area contributed by atoms with Crippen molar-refractivity contribution in [3.05, 3.63) is 53.6 Å². The number of halogens is 2. The molecule has 2 aromatic carbocycles. The van der Waals surface area contributed by atoms with Crippen molar-refractivity contribution in [2.75, 3.05) is 0 Å². The molecule has 1 saturated carbocycles. The largest absolute Gasteiger partial charge is 0.206 e. The lowest BCUT2D eigenvalue weighted by Crippen LogP contribution is -2.04. The van der Waals surface area contributed by atoms with Gasteiger partial charge in [-0.05, 0) is 42.1 Å². The maximum absolute atomic E-state index is 14.2. The second kappa shape index (κ2) is 7.12. The van der Waals surface area contributed by atoms with Crippen LogP contribution in [0.2, 0.25) is 0 Å². The monoisotopic (exact) mass is 329 g/mol. The average molecular weight is 329 g/mol. The third-order valence-electron chi connectivity index (χ3n) is 4.48. The summed E-state index contributed by atoms with van der Waals surface area (Å²) >= 11 is 4.46. The topological polar surface area (TPSA) is 12.4 Å². The molecule has 0 amide bonds. The normalized spacial score (nSPS) is 15.2. The van der Waals surface area contributed by atoms with Gasteiger partial charge in [-0.25, -0.2) is 8.78 Å². The number of isothiocyanates is 1. The first kappa shape index (κ1) is 16.0. The average Bonchev–Trinajstić information content (AvgIpc) is 2.56. The van der Waals surface area contributed by atoms with Crippen LogP contribution in [-0.2, 0) is 0 Å². The zero-order valence-electron chi connectivity index (χ0n) is 12.7. The van der Waals surface area contributed by atoms with Crippen LogP contribution < -0.4 is 0 Å². The third-order valence-corrected chi connectivity index (χ3v) is 4.57. The first-order chi connectivity index (χ1) is 11.2. The second-order valence-electron chi connectivity index (χ2n) is 5.94. The molecule has 0 unspecified atom stereocenters. The summed E-state index contributed by atoms with van der Waals surface area (Å²) in [6, 6.07) is 9.93. The number of aliphatic imine (C=N–C) groups is 1. The molecule has 1 nitrogen and oxygen atoms in total. The highest BCUT2D eigenvalue weighted by molar-refractivity contribution is 7.78. The number of rotatable bonds is 3. The second-order valence-corrected chi connectivity index (χ2v) is 6.13. The van der Waals surface area contributed by atoms with Gasteiger partial charge in [0.15, 0.2) is 0 Å². The van der Waals surface area contributed by atoms with E-state index in [0.717, 1.165) is 0 Å². The molecule has 3 rings (SSSR count). The van der Waals surface area contributed by atoms with Crippen molar-refractivity contribution in [3.63, 3.8) is 0 Å². The standard InChI is InChI=1S/C19H17F2NS/c20-17-10-16(22-12-23)11-18(21)19(17)15-8-6-14(7-9-15)13-4-2-1-3-5-13/h6-11,13H,1-5H2. The molecule has 0 aliphatic heterocycles. The molecule has 4 heteroatoms. The predicted octanol–water partition coefficient (Wildman–Crippen LogP) is 6.41. The van der Waals surface area contributed by atoms with Crippen LogP contribution in [-0.4, -0.2) is 5.16 Å². The molecule has 1 aliphatic carbocycles. The molecule has 2 aromatic rings. The molecule has 1 aliphatic rings. The predicted molar refractivity (Wildman–Crippen MR) is 92.3 cm³/mol. The zero-order chi connectivity index (χ0) is 16.2. The Kier molecular flexibility index (Phi) is 4.94. The van der Waals surface area contributed by atoms with Gasteiger partial charge in [0.05, 0.1) is 16.4 Å². The Morgan fingerprint density at radius 3 is 2.13 bits per heavy atom. The van der Waals surface area contributed by atoms with E-state index in [9.17, 15) is 8.78 Å². The van der Waals surface area contributed by atoms with E-state index >= 15 is 0 Å². The Bertz CT molecular complexity index is 719. The Labute approximate surface area is 140 Å². The van der Waals surface area contributed by atoms with Gasteiger partial charge < -0.3 is 0 Å². The summed E-state index contributed by atoms with van der Waals surface area (Å²) in [5.41, 5.74) is 1.91. The summed E-state index contributed by atoms with van der Waals surface area (Å²) < 4.78 is 28.4. The fourth-order valence-electron chi connectivity index (χ4n) is 3.31. The number of benzene rings is 2. The van der Waals surface area contributed by atoms with Crippen molar-refractivity contribution in [2.24, 2.45) is 4.99 Å². The quantitative estimate of drug-likeness (QED) is 0.468. The number of hydrogen-bond donors (Lipinski definition) is 0. The fraction of sp³-hybridized carbons (Fsp3) is 0.316. The summed E-state index contributed by atoms with van der Waals surface area (Å²) in [6.07, 6.45) is 6.23. The molecule has 0 N–H and O–H groups in total. The van der Waals surface area contributed by atoms with Crippen LogP contribution in [0.15, 0.2) is 41.4 Å². The molecular weight excluding hydrogens is 312 g/mol. The van der Waals surface area contributed by atoms with Crippen molar-refractivity contribution >= 4 is 23.1 Å². The van der Waals surface area contributed by atoms with Crippen LogP contribution in [0.1, 0.15) is 43.6 Å². The van der Waals surface area contributed by atoms with Crippen molar-refractivity contribution < 1.29 is 8.78 Å². The highest BCUT2D eigenvalue weighted by Crippen LogP contribution is 2.35. The van der Waals surface area contributed by atoms with Crippen molar-refractivity contribution in [2.45, 2.75) is 38.0 Å². The summed E-state index contributed by atoms with van der Waals surface area (Å²) in [5.74, 6) is -0.703. The Hall–Kier alpha value is -1.90. The lowest BCUT2D eigenvalue weighted by Gasteiger charge is -2.22. The van der Waals surface area contributed by atoms with Crippen LogP contribution in [0.3, 0.4) is 0 Å². The Balaban J connectivity index is 1.91. The van der Waals surface area contributed by atoms with Crippen molar-refractivity contribution in [1.82, 2.24) is 0 Å². The molecule has 0 heterocycles. The van der Waals surface area contributed by atoms with Crippen LogP contribution in [0.5, 0.6) is 0 Å². The lowest BCUT2D eigenvalue weighted by atomic mass is 9.83. The van der Waals surface area contributed by atoms with Gasteiger partial charge in [-0.1, -0.05) is 43.5 Å². The number of hydrogen-bond acceptors (Lipinski definition) is 2. The third kappa shape index (κ3) is 3.54. The first-order valence-electron chi connectivity index (χ1n) is 7.86. The molecule has 0 aromatic heterocycles. The minimum atomic E-state index is -0.639. The molecular formula is C19H17F2NS. The molecule has 0 saturated heterocycles. The summed E-state index contributed by atoms with van der Waals surface area (Å²) in [6.45, 7) is 0. The van der Waals surface area contributed by atoms with E-state index in [1.165, 1.54) is 49.8 Å². The number of thiocarbonyl (C=S) groups is 1. The van der Waals surface area contributed by atoms with Crippen molar-refractivity contribution in [1.29, 1.82) is 0 Å². The van der Waals surface area contributed by atoms with Gasteiger partial charge in [0.2, 0.25) is 0 Å². The van der Waals surface area contributed by atoms with Gasteiger partial charge in [0, 0.05) is 12.1 Å². The van der Waals surface area contributed by atoms with Gasteiger partial charge in [0.1, 0.15) is 11.6 Å². The van der Waals surface area contributed by atoms with Gasteiger partial charge in [-0.3, -0.25) is 0 Å². The lowest BCUT2D eigenvalue weighted by molar-refractivity contribution is 0.443. The fourth-order valence-corrected chi connectivity index (χ4v) is 3.42. The van der Waals surface area contributed by atoms with E-state index in [4.69, 9.17) is 0 Å². The van der Waals surface area contributed by atoms with E-state index in [2.05, 4.69) is 22.4 Å². The van der Waals surface area contributed by atoms with E-state index < -0.39 is 11.6 Å². The smallest absolute Gasteiger partial charge is 0.136 e. The summed E-state index contributed by atoms with van der Waals surface area (Å²) in [5, 5.41) is 2.12. The van der Waals surface area contributed by atoms with E-state index in [-0.39, 0.29) is 11.3 Å². The SMILES string of the molecule is Fc1cc(N=C=S)cc(F)c1-c1ccc(C2CCCCC2)cc1. The highest BCUT2D eigenvalue weighted by atomic mass is 32.1. The Morgan fingerprint density at radius 2 is 1.57 bits per heavy atom. The maximum Gasteiger partial charge on any atom is 0.136 e. The minimum Gasteiger partial charge on any atom is -0.206 e. The maximum atomic E-state index is 14.2. The molecule has 23 heavy (non-hydrogen) atoms. The van der Waals surface area contributed by atoms with Crippen LogP contribution >= 0.6 is 12.2 Å². The van der Waals surface area contributed by atoms with Gasteiger partial charge in [-0.2, -0.15) is 4.99 Å². The van der Waals surface area contributed by atoms with E-state index in [0.29, 0.717) is 11.5 Å².